The minimum atomic E-state index is 0.134. The Hall–Kier alpha value is -3.14. The SMILES string of the molecule is Cc1ccc(Oc2ccc3c(c2)C2CCC3C2Oc2ccc(C)cc2N)c(N)c1. The summed E-state index contributed by atoms with van der Waals surface area (Å²) in [7, 11) is 0. The van der Waals surface area contributed by atoms with Crippen LogP contribution >= 0.6 is 0 Å². The van der Waals surface area contributed by atoms with Crippen LogP contribution in [0.1, 0.15) is 46.9 Å². The molecule has 4 nitrogen and oxygen atoms in total. The Kier molecular flexibility index (Phi) is 4.16. The highest BCUT2D eigenvalue weighted by Gasteiger charge is 2.47. The van der Waals surface area contributed by atoms with Crippen LogP contribution in [0.4, 0.5) is 11.4 Å². The summed E-state index contributed by atoms with van der Waals surface area (Å²) in [6, 6.07) is 18.3. The van der Waals surface area contributed by atoms with Crippen molar-refractivity contribution in [1.82, 2.24) is 0 Å². The number of ether oxygens (including phenoxy) is 2. The molecule has 2 aliphatic rings. The molecule has 0 radical (unpaired) electrons. The highest BCUT2D eigenvalue weighted by molar-refractivity contribution is 5.57. The first-order chi connectivity index (χ1) is 14.0. The summed E-state index contributed by atoms with van der Waals surface area (Å²) in [6.45, 7) is 4.06. The van der Waals surface area contributed by atoms with E-state index in [1.165, 1.54) is 11.1 Å². The summed E-state index contributed by atoms with van der Waals surface area (Å²) in [5, 5.41) is 0. The lowest BCUT2D eigenvalue weighted by atomic mass is 9.92. The third-order valence-electron chi connectivity index (χ3n) is 6.26. The predicted molar refractivity (Wildman–Crippen MR) is 117 cm³/mol. The van der Waals surface area contributed by atoms with E-state index in [2.05, 4.69) is 12.1 Å². The summed E-state index contributed by atoms with van der Waals surface area (Å²) in [5.41, 5.74) is 18.7. The molecule has 2 aliphatic carbocycles. The van der Waals surface area contributed by atoms with Gasteiger partial charge in [0.15, 0.2) is 0 Å². The standard InChI is InChI=1S/C25H26N2O2/c1-14-3-9-23(21(26)11-14)28-16-5-6-17-18-7-8-19(20(17)13-16)25(18)29-24-10-4-15(2)12-22(24)27/h3-6,9-13,18-19,25H,7-8,26-27H2,1-2H3. The van der Waals surface area contributed by atoms with Crippen LogP contribution in [0.25, 0.3) is 0 Å². The van der Waals surface area contributed by atoms with Gasteiger partial charge in [-0.1, -0.05) is 18.2 Å². The molecule has 3 aromatic carbocycles. The van der Waals surface area contributed by atoms with Gasteiger partial charge < -0.3 is 20.9 Å². The van der Waals surface area contributed by atoms with E-state index >= 15 is 0 Å². The van der Waals surface area contributed by atoms with Crippen LogP contribution in [0.3, 0.4) is 0 Å². The van der Waals surface area contributed by atoms with Gasteiger partial charge in [0.1, 0.15) is 23.4 Å². The van der Waals surface area contributed by atoms with Crippen LogP contribution in [-0.2, 0) is 0 Å². The van der Waals surface area contributed by atoms with Crippen LogP contribution < -0.4 is 20.9 Å². The van der Waals surface area contributed by atoms with Gasteiger partial charge >= 0.3 is 0 Å². The predicted octanol–water partition coefficient (Wildman–Crippen LogP) is 5.68. The molecular weight excluding hydrogens is 360 g/mol. The zero-order valence-electron chi connectivity index (χ0n) is 16.8. The van der Waals surface area contributed by atoms with Crippen molar-refractivity contribution in [2.45, 2.75) is 44.6 Å². The summed E-state index contributed by atoms with van der Waals surface area (Å²) in [6.07, 6.45) is 2.42. The van der Waals surface area contributed by atoms with E-state index in [0.717, 1.165) is 35.5 Å². The fraction of sp³-hybridized carbons (Fsp3) is 0.280. The molecule has 148 valence electrons. The van der Waals surface area contributed by atoms with Crippen molar-refractivity contribution in [2.24, 2.45) is 0 Å². The fourth-order valence-corrected chi connectivity index (χ4v) is 4.88. The van der Waals surface area contributed by atoms with Crippen LogP contribution in [0.2, 0.25) is 0 Å². The van der Waals surface area contributed by atoms with E-state index in [0.29, 0.717) is 29.0 Å². The molecule has 5 rings (SSSR count). The minimum absolute atomic E-state index is 0.134. The third kappa shape index (κ3) is 3.09. The monoisotopic (exact) mass is 386 g/mol. The van der Waals surface area contributed by atoms with Gasteiger partial charge in [-0.3, -0.25) is 0 Å². The van der Waals surface area contributed by atoms with Gasteiger partial charge in [0.05, 0.1) is 11.4 Å². The Balaban J connectivity index is 1.41. The molecule has 2 bridgehead atoms. The number of aryl methyl sites for hydroxylation is 2. The van der Waals surface area contributed by atoms with Crippen molar-refractivity contribution < 1.29 is 9.47 Å². The molecule has 1 fully saturated rings. The zero-order valence-corrected chi connectivity index (χ0v) is 16.8. The van der Waals surface area contributed by atoms with Crippen LogP contribution in [0.5, 0.6) is 17.2 Å². The molecule has 3 aromatic rings. The highest BCUT2D eigenvalue weighted by atomic mass is 16.5. The van der Waals surface area contributed by atoms with Crippen LogP contribution in [0, 0.1) is 13.8 Å². The maximum Gasteiger partial charge on any atom is 0.150 e. The average molecular weight is 386 g/mol. The van der Waals surface area contributed by atoms with Gasteiger partial charge in [-0.25, -0.2) is 0 Å². The molecule has 4 heteroatoms. The zero-order chi connectivity index (χ0) is 20.1. The summed E-state index contributed by atoms with van der Waals surface area (Å²) in [4.78, 5) is 0. The minimum Gasteiger partial charge on any atom is -0.487 e. The Bertz CT molecular complexity index is 1090. The van der Waals surface area contributed by atoms with E-state index < -0.39 is 0 Å². The third-order valence-corrected chi connectivity index (χ3v) is 6.26. The molecule has 3 atom stereocenters. The van der Waals surface area contributed by atoms with E-state index in [-0.39, 0.29) is 6.10 Å². The Morgan fingerprint density at radius 2 is 1.34 bits per heavy atom. The first-order valence-electron chi connectivity index (χ1n) is 10.2. The van der Waals surface area contributed by atoms with Crippen LogP contribution in [-0.4, -0.2) is 6.10 Å². The molecule has 0 amide bonds. The van der Waals surface area contributed by atoms with Gasteiger partial charge in [0, 0.05) is 11.8 Å². The van der Waals surface area contributed by atoms with Gasteiger partial charge in [0.2, 0.25) is 0 Å². The number of hydrogen-bond donors (Lipinski definition) is 2. The van der Waals surface area contributed by atoms with Crippen molar-refractivity contribution in [1.29, 1.82) is 0 Å². The molecule has 29 heavy (non-hydrogen) atoms. The average Bonchev–Trinajstić information content (AvgIpc) is 3.21. The van der Waals surface area contributed by atoms with Crippen molar-refractivity contribution in [2.75, 3.05) is 11.5 Å². The summed E-state index contributed by atoms with van der Waals surface area (Å²) < 4.78 is 12.5. The second-order valence-electron chi connectivity index (χ2n) is 8.35. The maximum absolute atomic E-state index is 6.44. The number of anilines is 2. The van der Waals surface area contributed by atoms with E-state index in [4.69, 9.17) is 20.9 Å². The van der Waals surface area contributed by atoms with Crippen LogP contribution in [0.15, 0.2) is 54.6 Å². The number of fused-ring (bicyclic) bond motifs is 5. The van der Waals surface area contributed by atoms with Crippen molar-refractivity contribution in [3.05, 3.63) is 76.9 Å². The Labute approximate surface area is 171 Å². The largest absolute Gasteiger partial charge is 0.487 e. The number of hydrogen-bond acceptors (Lipinski definition) is 4. The van der Waals surface area contributed by atoms with Crippen molar-refractivity contribution >= 4 is 11.4 Å². The molecule has 4 N–H and O–H groups in total. The summed E-state index contributed by atoms with van der Waals surface area (Å²) in [5.74, 6) is 3.08. The molecule has 0 heterocycles. The maximum atomic E-state index is 6.44. The molecule has 0 spiro atoms. The normalized spacial score (nSPS) is 21.8. The second-order valence-corrected chi connectivity index (χ2v) is 8.35. The lowest BCUT2D eigenvalue weighted by Gasteiger charge is -2.20. The fourth-order valence-electron chi connectivity index (χ4n) is 4.88. The molecule has 1 saturated carbocycles. The Morgan fingerprint density at radius 1 is 0.724 bits per heavy atom. The highest BCUT2D eigenvalue weighted by Crippen LogP contribution is 2.55. The molecule has 0 saturated heterocycles. The van der Waals surface area contributed by atoms with E-state index in [1.807, 2.05) is 56.3 Å². The van der Waals surface area contributed by atoms with Crippen molar-refractivity contribution in [3.8, 4) is 17.2 Å². The lowest BCUT2D eigenvalue weighted by Crippen LogP contribution is -2.20. The number of nitrogens with two attached hydrogens (primary N) is 2. The molecule has 3 unspecified atom stereocenters. The van der Waals surface area contributed by atoms with Gasteiger partial charge in [-0.2, -0.15) is 0 Å². The first-order valence-corrected chi connectivity index (χ1v) is 10.2. The molecule has 0 aromatic heterocycles. The first kappa shape index (κ1) is 17.9. The smallest absolute Gasteiger partial charge is 0.150 e. The van der Waals surface area contributed by atoms with E-state index in [1.54, 1.807) is 0 Å². The molecular formula is C25H26N2O2. The van der Waals surface area contributed by atoms with Gasteiger partial charge in [-0.15, -0.1) is 0 Å². The van der Waals surface area contributed by atoms with Gasteiger partial charge in [-0.05, 0) is 85.3 Å². The summed E-state index contributed by atoms with van der Waals surface area (Å²) >= 11 is 0. The quantitative estimate of drug-likeness (QED) is 0.566. The van der Waals surface area contributed by atoms with E-state index in [9.17, 15) is 0 Å². The number of nitrogen functional groups attached to an aromatic ring is 2. The second kappa shape index (κ2) is 6.73. The molecule has 0 aliphatic heterocycles. The number of benzene rings is 3. The topological polar surface area (TPSA) is 70.5 Å². The van der Waals surface area contributed by atoms with Gasteiger partial charge in [0.25, 0.3) is 0 Å². The Morgan fingerprint density at radius 3 is 2.00 bits per heavy atom. The lowest BCUT2D eigenvalue weighted by molar-refractivity contribution is 0.187. The van der Waals surface area contributed by atoms with Crippen molar-refractivity contribution in [3.63, 3.8) is 0 Å². The number of rotatable bonds is 4.